The van der Waals surface area contributed by atoms with Crippen molar-refractivity contribution in [3.05, 3.63) is 59.4 Å². The number of benzene rings is 1. The van der Waals surface area contributed by atoms with Gasteiger partial charge in [-0.25, -0.2) is 0 Å². The highest BCUT2D eigenvalue weighted by molar-refractivity contribution is 5.48. The molecule has 2 aromatic rings. The van der Waals surface area contributed by atoms with Gasteiger partial charge < -0.3 is 10.2 Å². The van der Waals surface area contributed by atoms with E-state index in [1.54, 1.807) is 0 Å². The number of aryl methyl sites for hydroxylation is 1. The summed E-state index contributed by atoms with van der Waals surface area (Å²) in [5.41, 5.74) is 5.03. The number of nitrogens with zero attached hydrogens (tertiary/aromatic N) is 2. The molecule has 0 saturated carbocycles. The summed E-state index contributed by atoms with van der Waals surface area (Å²) in [6.07, 6.45) is 4.94. The molecule has 0 spiro atoms. The fourth-order valence-corrected chi connectivity index (χ4v) is 2.44. The second-order valence-corrected chi connectivity index (χ2v) is 5.61. The second-order valence-electron chi connectivity index (χ2n) is 5.61. The van der Waals surface area contributed by atoms with E-state index in [2.05, 4.69) is 73.5 Å². The van der Waals surface area contributed by atoms with Gasteiger partial charge in [0.05, 0.1) is 6.04 Å². The molecule has 3 nitrogen and oxygen atoms in total. The molecule has 1 aromatic carbocycles. The normalized spacial score (nSPS) is 12.2. The van der Waals surface area contributed by atoms with Crippen LogP contribution in [0.3, 0.4) is 0 Å². The standard InChI is InChI=1S/C18H25N3/c1-5-11-20-18(17-13-19-12-10-14(17)2)15-6-8-16(9-7-15)21(3)4/h6-10,12-13,18,20H,5,11H2,1-4H3. The average molecular weight is 283 g/mol. The molecule has 0 bridgehead atoms. The third-order valence-electron chi connectivity index (χ3n) is 3.73. The van der Waals surface area contributed by atoms with Gasteiger partial charge in [-0.1, -0.05) is 19.1 Å². The van der Waals surface area contributed by atoms with Crippen molar-refractivity contribution in [1.82, 2.24) is 10.3 Å². The summed E-state index contributed by atoms with van der Waals surface area (Å²) >= 11 is 0. The van der Waals surface area contributed by atoms with E-state index in [4.69, 9.17) is 0 Å². The zero-order chi connectivity index (χ0) is 15.2. The molecule has 21 heavy (non-hydrogen) atoms. The van der Waals surface area contributed by atoms with Crippen molar-refractivity contribution in [1.29, 1.82) is 0 Å². The van der Waals surface area contributed by atoms with Crippen molar-refractivity contribution in [3.63, 3.8) is 0 Å². The number of hydrogen-bond donors (Lipinski definition) is 1. The van der Waals surface area contributed by atoms with Crippen molar-refractivity contribution in [3.8, 4) is 0 Å². The molecular formula is C18H25N3. The van der Waals surface area contributed by atoms with Crippen LogP contribution in [0.5, 0.6) is 0 Å². The molecule has 0 aliphatic heterocycles. The Hall–Kier alpha value is -1.87. The van der Waals surface area contributed by atoms with Crippen LogP contribution in [0.4, 0.5) is 5.69 Å². The van der Waals surface area contributed by atoms with E-state index in [1.807, 2.05) is 12.4 Å². The predicted molar refractivity (Wildman–Crippen MR) is 89.9 cm³/mol. The number of hydrogen-bond acceptors (Lipinski definition) is 3. The minimum Gasteiger partial charge on any atom is -0.378 e. The molecule has 0 aliphatic rings. The SMILES string of the molecule is CCCNC(c1ccc(N(C)C)cc1)c1cnccc1C. The number of nitrogens with one attached hydrogen (secondary N) is 1. The first-order valence-electron chi connectivity index (χ1n) is 7.54. The van der Waals surface area contributed by atoms with Crippen LogP contribution in [0.25, 0.3) is 0 Å². The van der Waals surface area contributed by atoms with Gasteiger partial charge in [-0.15, -0.1) is 0 Å². The minimum atomic E-state index is 0.204. The molecule has 1 aromatic heterocycles. The van der Waals surface area contributed by atoms with Crippen LogP contribution in [0.1, 0.15) is 36.1 Å². The average Bonchev–Trinajstić information content (AvgIpc) is 2.50. The van der Waals surface area contributed by atoms with Crippen molar-refractivity contribution >= 4 is 5.69 Å². The largest absolute Gasteiger partial charge is 0.378 e. The van der Waals surface area contributed by atoms with Gasteiger partial charge in [0.2, 0.25) is 0 Å². The summed E-state index contributed by atoms with van der Waals surface area (Å²) in [6.45, 7) is 5.33. The van der Waals surface area contributed by atoms with Crippen LogP contribution in [0, 0.1) is 6.92 Å². The Morgan fingerprint density at radius 1 is 1.14 bits per heavy atom. The molecule has 3 heteroatoms. The summed E-state index contributed by atoms with van der Waals surface area (Å²) in [4.78, 5) is 6.42. The number of aromatic nitrogens is 1. The summed E-state index contributed by atoms with van der Waals surface area (Å²) in [7, 11) is 4.13. The summed E-state index contributed by atoms with van der Waals surface area (Å²) < 4.78 is 0. The highest BCUT2D eigenvalue weighted by atomic mass is 15.1. The van der Waals surface area contributed by atoms with Crippen molar-refractivity contribution in [2.24, 2.45) is 0 Å². The highest BCUT2D eigenvalue weighted by Crippen LogP contribution is 2.25. The van der Waals surface area contributed by atoms with Gasteiger partial charge in [0.25, 0.3) is 0 Å². The lowest BCUT2D eigenvalue weighted by Crippen LogP contribution is -2.24. The lowest BCUT2D eigenvalue weighted by atomic mass is 9.96. The Morgan fingerprint density at radius 3 is 2.43 bits per heavy atom. The third kappa shape index (κ3) is 3.82. The van der Waals surface area contributed by atoms with Gasteiger partial charge in [0.15, 0.2) is 0 Å². The van der Waals surface area contributed by atoms with E-state index in [0.717, 1.165) is 13.0 Å². The first-order valence-corrected chi connectivity index (χ1v) is 7.54. The lowest BCUT2D eigenvalue weighted by molar-refractivity contribution is 0.594. The van der Waals surface area contributed by atoms with E-state index in [-0.39, 0.29) is 6.04 Å². The molecule has 0 aliphatic carbocycles. The molecule has 112 valence electrons. The van der Waals surface area contributed by atoms with Crippen molar-refractivity contribution in [2.45, 2.75) is 26.3 Å². The summed E-state index contributed by atoms with van der Waals surface area (Å²) in [6, 6.07) is 11.0. The first-order chi connectivity index (χ1) is 10.1. The monoisotopic (exact) mass is 283 g/mol. The van der Waals surface area contributed by atoms with Gasteiger partial charge in [-0.05, 0) is 54.8 Å². The fraction of sp³-hybridized carbons (Fsp3) is 0.389. The van der Waals surface area contributed by atoms with Crippen LogP contribution in [-0.2, 0) is 0 Å². The molecular weight excluding hydrogens is 258 g/mol. The van der Waals surface area contributed by atoms with Gasteiger partial charge in [0, 0.05) is 32.2 Å². The Labute approximate surface area is 128 Å². The Kier molecular flexibility index (Phi) is 5.34. The van der Waals surface area contributed by atoms with Gasteiger partial charge in [-0.3, -0.25) is 4.98 Å². The predicted octanol–water partition coefficient (Wildman–Crippen LogP) is 3.55. The number of pyridine rings is 1. The Bertz CT molecular complexity index is 561. The van der Waals surface area contributed by atoms with Crippen LogP contribution in [0.15, 0.2) is 42.7 Å². The van der Waals surface area contributed by atoms with E-state index < -0.39 is 0 Å². The molecule has 1 heterocycles. The lowest BCUT2D eigenvalue weighted by Gasteiger charge is -2.22. The summed E-state index contributed by atoms with van der Waals surface area (Å²) in [5.74, 6) is 0. The van der Waals surface area contributed by atoms with Crippen LogP contribution in [0.2, 0.25) is 0 Å². The molecule has 0 radical (unpaired) electrons. The van der Waals surface area contributed by atoms with Crippen LogP contribution in [-0.4, -0.2) is 25.6 Å². The molecule has 0 saturated heterocycles. The smallest absolute Gasteiger partial charge is 0.0594 e. The topological polar surface area (TPSA) is 28.2 Å². The van der Waals surface area contributed by atoms with Gasteiger partial charge in [-0.2, -0.15) is 0 Å². The maximum absolute atomic E-state index is 4.30. The van der Waals surface area contributed by atoms with E-state index in [9.17, 15) is 0 Å². The molecule has 0 fully saturated rings. The summed E-state index contributed by atoms with van der Waals surface area (Å²) in [5, 5.41) is 3.64. The van der Waals surface area contributed by atoms with Crippen molar-refractivity contribution in [2.75, 3.05) is 25.5 Å². The van der Waals surface area contributed by atoms with Gasteiger partial charge >= 0.3 is 0 Å². The van der Waals surface area contributed by atoms with Gasteiger partial charge in [0.1, 0.15) is 0 Å². The maximum Gasteiger partial charge on any atom is 0.0594 e. The Balaban J connectivity index is 2.33. The third-order valence-corrected chi connectivity index (χ3v) is 3.73. The maximum atomic E-state index is 4.30. The van der Waals surface area contributed by atoms with E-state index >= 15 is 0 Å². The van der Waals surface area contributed by atoms with Crippen molar-refractivity contribution < 1.29 is 0 Å². The number of anilines is 1. The Morgan fingerprint density at radius 2 is 1.86 bits per heavy atom. The number of rotatable bonds is 6. The van der Waals surface area contributed by atoms with Crippen LogP contribution < -0.4 is 10.2 Å². The second kappa shape index (κ2) is 7.23. The zero-order valence-electron chi connectivity index (χ0n) is 13.4. The molecule has 1 unspecified atom stereocenters. The van der Waals surface area contributed by atoms with E-state index in [0.29, 0.717) is 0 Å². The minimum absolute atomic E-state index is 0.204. The van der Waals surface area contributed by atoms with E-state index in [1.165, 1.54) is 22.4 Å². The fourth-order valence-electron chi connectivity index (χ4n) is 2.44. The molecule has 1 atom stereocenters. The molecule has 2 rings (SSSR count). The first kappa shape index (κ1) is 15.5. The highest BCUT2D eigenvalue weighted by Gasteiger charge is 2.15. The van der Waals surface area contributed by atoms with Crippen LogP contribution >= 0.6 is 0 Å². The zero-order valence-corrected chi connectivity index (χ0v) is 13.4. The molecule has 0 amide bonds. The quantitative estimate of drug-likeness (QED) is 0.879. The molecule has 1 N–H and O–H groups in total.